The first-order valence-corrected chi connectivity index (χ1v) is 8.81. The number of hydrogen-bond acceptors (Lipinski definition) is 3. The number of likely N-dealkylation sites (tertiary alicyclic amines) is 1. The van der Waals surface area contributed by atoms with Crippen LogP contribution in [0, 0.1) is 5.92 Å². The van der Waals surface area contributed by atoms with Crippen molar-refractivity contribution in [2.75, 3.05) is 20.1 Å². The van der Waals surface area contributed by atoms with Gasteiger partial charge in [-0.3, -0.25) is 10.1 Å². The van der Waals surface area contributed by atoms with Crippen molar-refractivity contribution >= 4 is 5.91 Å². The monoisotopic (exact) mass is 293 g/mol. The maximum Gasteiger partial charge on any atom is 0.244 e. The third-order valence-electron chi connectivity index (χ3n) is 5.66. The summed E-state index contributed by atoms with van der Waals surface area (Å²) in [5, 5.41) is 3.77. The van der Waals surface area contributed by atoms with Gasteiger partial charge in [0.25, 0.3) is 0 Å². The Morgan fingerprint density at radius 3 is 2.43 bits per heavy atom. The van der Waals surface area contributed by atoms with Gasteiger partial charge in [-0.1, -0.05) is 26.7 Å². The molecule has 1 unspecified atom stereocenters. The van der Waals surface area contributed by atoms with Gasteiger partial charge in [-0.2, -0.15) is 0 Å². The van der Waals surface area contributed by atoms with E-state index >= 15 is 0 Å². The third kappa shape index (κ3) is 2.85. The van der Waals surface area contributed by atoms with Gasteiger partial charge in [0.1, 0.15) is 0 Å². The van der Waals surface area contributed by atoms with Crippen molar-refractivity contribution in [1.29, 1.82) is 0 Å². The van der Waals surface area contributed by atoms with Gasteiger partial charge in [0.2, 0.25) is 5.91 Å². The van der Waals surface area contributed by atoms with E-state index in [1.165, 1.54) is 12.8 Å². The van der Waals surface area contributed by atoms with Crippen molar-refractivity contribution in [2.45, 2.75) is 76.5 Å². The molecule has 21 heavy (non-hydrogen) atoms. The van der Waals surface area contributed by atoms with Gasteiger partial charge in [-0.15, -0.1) is 0 Å². The molecule has 0 bridgehead atoms. The topological polar surface area (TPSA) is 35.6 Å². The summed E-state index contributed by atoms with van der Waals surface area (Å²) in [6, 6.07) is 0.449. The zero-order valence-corrected chi connectivity index (χ0v) is 13.9. The molecule has 0 aromatic heterocycles. The summed E-state index contributed by atoms with van der Waals surface area (Å²) in [6.07, 6.45) is 8.11. The van der Waals surface area contributed by atoms with Gasteiger partial charge < -0.3 is 9.80 Å². The maximum absolute atomic E-state index is 13.2. The zero-order chi connectivity index (χ0) is 15.0. The van der Waals surface area contributed by atoms with Crippen molar-refractivity contribution < 1.29 is 4.79 Å². The standard InChI is InChI=1S/C17H31N3O/c1-13(2)12-15-18-17(8-4-5-9-17)16(21)20(15)14-6-10-19(3)11-7-14/h13-15,18H,4-12H2,1-3H3. The van der Waals surface area contributed by atoms with Gasteiger partial charge in [0, 0.05) is 6.04 Å². The molecule has 0 aromatic rings. The van der Waals surface area contributed by atoms with Gasteiger partial charge in [-0.05, 0) is 58.2 Å². The molecule has 4 heteroatoms. The number of rotatable bonds is 3. The van der Waals surface area contributed by atoms with Crippen LogP contribution in [0.15, 0.2) is 0 Å². The molecule has 3 aliphatic rings. The molecule has 1 N–H and O–H groups in total. The van der Waals surface area contributed by atoms with Crippen molar-refractivity contribution in [1.82, 2.24) is 15.1 Å². The Balaban J connectivity index is 1.78. The summed E-state index contributed by atoms with van der Waals surface area (Å²) in [5.41, 5.74) is -0.205. The molecule has 2 aliphatic heterocycles. The molecule has 0 radical (unpaired) electrons. The van der Waals surface area contributed by atoms with E-state index in [4.69, 9.17) is 0 Å². The predicted molar refractivity (Wildman–Crippen MR) is 84.9 cm³/mol. The SMILES string of the molecule is CC(C)CC1NC2(CCCC2)C(=O)N1C1CCN(C)CC1. The van der Waals surface area contributed by atoms with Crippen LogP contribution in [0.4, 0.5) is 0 Å². The summed E-state index contributed by atoms with van der Waals surface area (Å²) in [7, 11) is 2.18. The number of piperidine rings is 1. The fourth-order valence-corrected chi connectivity index (χ4v) is 4.49. The average Bonchev–Trinajstić information content (AvgIpc) is 2.99. The molecule has 1 atom stereocenters. The normalized spacial score (nSPS) is 31.0. The second-order valence-corrected chi connectivity index (χ2v) is 7.83. The van der Waals surface area contributed by atoms with Crippen LogP contribution in [-0.4, -0.2) is 53.6 Å². The molecule has 1 spiro atoms. The van der Waals surface area contributed by atoms with Crippen molar-refractivity contribution in [2.24, 2.45) is 5.92 Å². The summed E-state index contributed by atoms with van der Waals surface area (Å²) >= 11 is 0. The molecule has 3 rings (SSSR count). The average molecular weight is 293 g/mol. The van der Waals surface area contributed by atoms with Crippen LogP contribution < -0.4 is 5.32 Å². The Kier molecular flexibility index (Phi) is 4.28. The van der Waals surface area contributed by atoms with Crippen LogP contribution >= 0.6 is 0 Å². The first-order valence-electron chi connectivity index (χ1n) is 8.81. The lowest BCUT2D eigenvalue weighted by Gasteiger charge is -2.38. The Hall–Kier alpha value is -0.610. The largest absolute Gasteiger partial charge is 0.322 e. The highest BCUT2D eigenvalue weighted by Gasteiger charge is 2.53. The highest BCUT2D eigenvalue weighted by Crippen LogP contribution is 2.39. The molecule has 3 fully saturated rings. The lowest BCUT2D eigenvalue weighted by Crippen LogP contribution is -2.50. The fourth-order valence-electron chi connectivity index (χ4n) is 4.49. The van der Waals surface area contributed by atoms with Crippen LogP contribution in [0.3, 0.4) is 0 Å². The second kappa shape index (κ2) is 5.88. The van der Waals surface area contributed by atoms with Crippen LogP contribution in [0.25, 0.3) is 0 Å². The van der Waals surface area contributed by atoms with Crippen LogP contribution in [0.5, 0.6) is 0 Å². The highest BCUT2D eigenvalue weighted by atomic mass is 16.2. The first kappa shape index (κ1) is 15.3. The van der Waals surface area contributed by atoms with E-state index in [1.54, 1.807) is 0 Å². The summed E-state index contributed by atoms with van der Waals surface area (Å²) in [5.74, 6) is 1.04. The van der Waals surface area contributed by atoms with E-state index in [0.717, 1.165) is 45.2 Å². The Labute approximate surface area is 129 Å². The third-order valence-corrected chi connectivity index (χ3v) is 5.66. The van der Waals surface area contributed by atoms with Crippen LogP contribution in [-0.2, 0) is 4.79 Å². The number of carbonyl (C=O) groups excluding carboxylic acids is 1. The molecule has 2 heterocycles. The Morgan fingerprint density at radius 2 is 1.86 bits per heavy atom. The van der Waals surface area contributed by atoms with E-state index in [-0.39, 0.29) is 11.7 Å². The lowest BCUT2D eigenvalue weighted by molar-refractivity contribution is -0.136. The molecular formula is C17H31N3O. The highest BCUT2D eigenvalue weighted by molar-refractivity contribution is 5.89. The summed E-state index contributed by atoms with van der Waals surface area (Å²) in [4.78, 5) is 17.8. The first-order chi connectivity index (χ1) is 10.0. The van der Waals surface area contributed by atoms with E-state index < -0.39 is 0 Å². The number of amides is 1. The minimum atomic E-state index is -0.205. The van der Waals surface area contributed by atoms with Gasteiger partial charge in [0.15, 0.2) is 0 Å². The molecule has 1 aliphatic carbocycles. The minimum Gasteiger partial charge on any atom is -0.322 e. The molecule has 0 aromatic carbocycles. The number of carbonyl (C=O) groups is 1. The number of hydrogen-bond donors (Lipinski definition) is 1. The molecule has 1 saturated carbocycles. The Bertz CT molecular complexity index is 381. The quantitative estimate of drug-likeness (QED) is 0.866. The van der Waals surface area contributed by atoms with Crippen LogP contribution in [0.1, 0.15) is 58.8 Å². The zero-order valence-electron chi connectivity index (χ0n) is 13.9. The maximum atomic E-state index is 13.2. The molecule has 1 amide bonds. The van der Waals surface area contributed by atoms with E-state index in [9.17, 15) is 4.79 Å². The lowest BCUT2D eigenvalue weighted by atomic mass is 9.96. The summed E-state index contributed by atoms with van der Waals surface area (Å²) in [6.45, 7) is 6.77. The van der Waals surface area contributed by atoms with E-state index in [0.29, 0.717) is 17.9 Å². The second-order valence-electron chi connectivity index (χ2n) is 7.83. The predicted octanol–water partition coefficient (Wildman–Crippen LogP) is 2.20. The van der Waals surface area contributed by atoms with Gasteiger partial charge in [-0.25, -0.2) is 0 Å². The van der Waals surface area contributed by atoms with Gasteiger partial charge in [0.05, 0.1) is 11.7 Å². The van der Waals surface area contributed by atoms with Crippen LogP contribution in [0.2, 0.25) is 0 Å². The van der Waals surface area contributed by atoms with Crippen molar-refractivity contribution in [3.05, 3.63) is 0 Å². The molecule has 120 valence electrons. The minimum absolute atomic E-state index is 0.205. The molecular weight excluding hydrogens is 262 g/mol. The smallest absolute Gasteiger partial charge is 0.244 e. The van der Waals surface area contributed by atoms with Crippen molar-refractivity contribution in [3.8, 4) is 0 Å². The Morgan fingerprint density at radius 1 is 1.24 bits per heavy atom. The van der Waals surface area contributed by atoms with E-state index in [1.807, 2.05) is 0 Å². The number of nitrogens with one attached hydrogen (secondary N) is 1. The summed E-state index contributed by atoms with van der Waals surface area (Å²) < 4.78 is 0. The fraction of sp³-hybridized carbons (Fsp3) is 0.941. The van der Waals surface area contributed by atoms with Crippen molar-refractivity contribution in [3.63, 3.8) is 0 Å². The number of nitrogens with zero attached hydrogens (tertiary/aromatic N) is 2. The molecule has 4 nitrogen and oxygen atoms in total. The van der Waals surface area contributed by atoms with Gasteiger partial charge >= 0.3 is 0 Å². The molecule has 2 saturated heterocycles. The van der Waals surface area contributed by atoms with E-state index in [2.05, 4.69) is 36.0 Å².